The number of carbonyl (C=O) groups is 1. The summed E-state index contributed by atoms with van der Waals surface area (Å²) >= 11 is 3.52. The predicted octanol–water partition coefficient (Wildman–Crippen LogP) is 14.6. The molecule has 0 amide bonds. The third-order valence-electron chi connectivity index (χ3n) is 12.7. The minimum Gasteiger partial charge on any atom is -0.478 e. The predicted molar refractivity (Wildman–Crippen MR) is 243 cm³/mol. The number of carboxylic acid groups (broad SMARTS) is 1. The quantitative estimate of drug-likeness (QED) is 0.172. The number of nitrogens with zero attached hydrogens (tertiary/aromatic N) is 4. The Hall–Kier alpha value is -6.49. The van der Waals surface area contributed by atoms with Gasteiger partial charge in [0.15, 0.2) is 16.2 Å². The fourth-order valence-corrected chi connectivity index (χ4v) is 10.5. The van der Waals surface area contributed by atoms with Gasteiger partial charge in [-0.3, -0.25) is 9.97 Å². The van der Waals surface area contributed by atoms with Gasteiger partial charge in [0.05, 0.1) is 28.8 Å². The van der Waals surface area contributed by atoms with Gasteiger partial charge in [-0.15, -0.1) is 0 Å². The number of carboxylic acids is 1. The van der Waals surface area contributed by atoms with Gasteiger partial charge in [-0.05, 0) is 151 Å². The van der Waals surface area contributed by atoms with Gasteiger partial charge in [0.25, 0.3) is 0 Å². The number of nitriles is 2. The number of fused-ring (bicyclic) bond motifs is 3. The minimum absolute atomic E-state index is 0.247. The van der Waals surface area contributed by atoms with Crippen molar-refractivity contribution in [3.8, 4) is 35.0 Å². The van der Waals surface area contributed by atoms with Gasteiger partial charge in [-0.1, -0.05) is 50.7 Å². The maximum atomic E-state index is 11.2. The topological polar surface area (TPSA) is 150 Å². The van der Waals surface area contributed by atoms with Crippen molar-refractivity contribution in [1.29, 1.82) is 10.5 Å². The Bertz CT molecular complexity index is 2960. The zero-order chi connectivity index (χ0) is 42.6. The molecule has 0 spiro atoms. The molecular formula is C52H45BrN4O5. The van der Waals surface area contributed by atoms with E-state index >= 15 is 0 Å². The highest BCUT2D eigenvalue weighted by Gasteiger charge is 2.29. The van der Waals surface area contributed by atoms with E-state index in [0.29, 0.717) is 34.5 Å². The van der Waals surface area contributed by atoms with Crippen molar-refractivity contribution in [3.05, 3.63) is 141 Å². The Morgan fingerprint density at radius 2 is 0.984 bits per heavy atom. The summed E-state index contributed by atoms with van der Waals surface area (Å²) in [5.41, 5.74) is 9.21. The van der Waals surface area contributed by atoms with Crippen LogP contribution in [0.4, 0.5) is 0 Å². The average Bonchev–Trinajstić information content (AvgIpc) is 4.17. The molecule has 62 heavy (non-hydrogen) atoms. The lowest BCUT2D eigenvalue weighted by molar-refractivity contribution is 0.0697. The second-order valence-corrected chi connectivity index (χ2v) is 17.2. The third-order valence-corrected chi connectivity index (χ3v) is 13.3. The van der Waals surface area contributed by atoms with Crippen LogP contribution in [0, 0.1) is 22.7 Å². The number of furan rings is 3. The molecule has 3 saturated carbocycles. The van der Waals surface area contributed by atoms with E-state index in [1.165, 1.54) is 80.9 Å². The van der Waals surface area contributed by atoms with Gasteiger partial charge >= 0.3 is 5.97 Å². The van der Waals surface area contributed by atoms with E-state index in [9.17, 15) is 9.90 Å². The number of aromatic nitrogens is 2. The maximum absolute atomic E-state index is 11.2. The van der Waals surface area contributed by atoms with Crippen LogP contribution < -0.4 is 0 Å². The Morgan fingerprint density at radius 3 is 1.42 bits per heavy atom. The number of pyridine rings is 2. The number of hydrogen-bond donors (Lipinski definition) is 1. The smallest absolute Gasteiger partial charge is 0.335 e. The molecule has 3 aliphatic carbocycles. The van der Waals surface area contributed by atoms with E-state index < -0.39 is 5.97 Å². The van der Waals surface area contributed by atoms with E-state index in [1.807, 2.05) is 78.9 Å². The number of halogens is 1. The van der Waals surface area contributed by atoms with E-state index in [2.05, 4.69) is 38.0 Å². The van der Waals surface area contributed by atoms with E-state index in [4.69, 9.17) is 23.8 Å². The summed E-state index contributed by atoms with van der Waals surface area (Å²) in [6, 6.07) is 32.5. The minimum atomic E-state index is -0.940. The summed E-state index contributed by atoms with van der Waals surface area (Å²) in [5.74, 6) is 2.33. The number of rotatable bonds is 6. The molecular weight excluding hydrogens is 840 g/mol. The fourth-order valence-electron chi connectivity index (χ4n) is 9.80. The molecule has 0 saturated heterocycles. The lowest BCUT2D eigenvalue weighted by Gasteiger charge is -2.10. The van der Waals surface area contributed by atoms with Gasteiger partial charge in [0.2, 0.25) is 0 Å². The van der Waals surface area contributed by atoms with E-state index in [0.717, 1.165) is 67.7 Å². The molecule has 8 aromatic rings. The monoisotopic (exact) mass is 884 g/mol. The van der Waals surface area contributed by atoms with Crippen LogP contribution in [0.3, 0.4) is 0 Å². The summed E-state index contributed by atoms with van der Waals surface area (Å²) in [7, 11) is 0. The first-order valence-corrected chi connectivity index (χ1v) is 22.4. The van der Waals surface area contributed by atoms with Crippen LogP contribution in [-0.2, 0) is 0 Å². The Kier molecular flexibility index (Phi) is 12.0. The van der Waals surface area contributed by atoms with Crippen molar-refractivity contribution < 1.29 is 23.2 Å². The zero-order valence-corrected chi connectivity index (χ0v) is 35.9. The molecule has 3 fully saturated rings. The maximum Gasteiger partial charge on any atom is 0.335 e. The molecule has 0 atom stereocenters. The average molecular weight is 886 g/mol. The van der Waals surface area contributed by atoms with Crippen LogP contribution in [0.25, 0.3) is 55.8 Å². The third kappa shape index (κ3) is 8.28. The molecule has 9 nitrogen and oxygen atoms in total. The molecule has 11 rings (SSSR count). The van der Waals surface area contributed by atoms with Gasteiger partial charge in [-0.25, -0.2) is 4.79 Å². The van der Waals surface area contributed by atoms with Crippen molar-refractivity contribution >= 4 is 54.8 Å². The molecule has 0 radical (unpaired) electrons. The highest BCUT2D eigenvalue weighted by molar-refractivity contribution is 9.10. The van der Waals surface area contributed by atoms with Crippen LogP contribution in [0.1, 0.15) is 133 Å². The van der Waals surface area contributed by atoms with Crippen LogP contribution in [0.15, 0.2) is 121 Å². The van der Waals surface area contributed by atoms with Gasteiger partial charge in [0, 0.05) is 45.2 Å². The second kappa shape index (κ2) is 18.2. The summed E-state index contributed by atoms with van der Waals surface area (Å²) in [6.07, 6.45) is 18.3. The summed E-state index contributed by atoms with van der Waals surface area (Å²) in [5, 5.41) is 30.5. The fraction of sp³-hybridized carbons (Fsp3) is 0.288. The van der Waals surface area contributed by atoms with Crippen molar-refractivity contribution in [2.75, 3.05) is 0 Å². The van der Waals surface area contributed by atoms with E-state index in [1.54, 1.807) is 24.5 Å². The molecule has 5 aromatic heterocycles. The van der Waals surface area contributed by atoms with Crippen LogP contribution in [0.5, 0.6) is 0 Å². The standard InChI is InChI=1S/C19H16N2O.C19H17NO3.C14H12BrNO/c20-12-13-8-9-15-17(11-13)22-19(16-7-3-4-10-21-16)18(15)14-5-1-2-6-14;21-19(22)13-8-9-14-16(11-13)23-18(15-7-3-4-10-20-15)17(14)12-5-1-2-6-12;15-14-13(10-3-1-2-4-10)11-6-5-9(8-16)7-12(11)17-14/h3-4,7-11,14H,1-2,5-6H2;3-4,7-12H,1-2,5-6H2,(H,21,22);5-7,10H,1-4H2. The Balaban J connectivity index is 0.000000120. The summed E-state index contributed by atoms with van der Waals surface area (Å²) in [6.45, 7) is 0. The van der Waals surface area contributed by atoms with E-state index in [-0.39, 0.29) is 5.56 Å². The van der Waals surface area contributed by atoms with Crippen LogP contribution in [0.2, 0.25) is 0 Å². The molecule has 5 heterocycles. The van der Waals surface area contributed by atoms with Crippen LogP contribution in [-0.4, -0.2) is 21.0 Å². The largest absolute Gasteiger partial charge is 0.478 e. The lowest BCUT2D eigenvalue weighted by atomic mass is 9.93. The van der Waals surface area contributed by atoms with Crippen molar-refractivity contribution in [3.63, 3.8) is 0 Å². The first kappa shape index (κ1) is 40.9. The van der Waals surface area contributed by atoms with Crippen molar-refractivity contribution in [2.24, 2.45) is 0 Å². The molecule has 1 N–H and O–H groups in total. The highest BCUT2D eigenvalue weighted by Crippen LogP contribution is 2.47. The normalized spacial score (nSPS) is 15.6. The Morgan fingerprint density at radius 1 is 0.565 bits per heavy atom. The Labute approximate surface area is 368 Å². The molecule has 0 unspecified atom stereocenters. The summed E-state index contributed by atoms with van der Waals surface area (Å²) in [4.78, 5) is 20.1. The highest BCUT2D eigenvalue weighted by atomic mass is 79.9. The van der Waals surface area contributed by atoms with Gasteiger partial charge in [-0.2, -0.15) is 10.5 Å². The van der Waals surface area contributed by atoms with Crippen molar-refractivity contribution in [2.45, 2.75) is 94.8 Å². The van der Waals surface area contributed by atoms with Crippen LogP contribution >= 0.6 is 15.9 Å². The van der Waals surface area contributed by atoms with Gasteiger partial charge in [0.1, 0.15) is 28.1 Å². The number of benzene rings is 3. The second-order valence-electron chi connectivity index (χ2n) is 16.5. The zero-order valence-electron chi connectivity index (χ0n) is 34.3. The number of hydrogen-bond acceptors (Lipinski definition) is 8. The first-order chi connectivity index (χ1) is 30.4. The lowest BCUT2D eigenvalue weighted by Crippen LogP contribution is -1.96. The molecule has 3 aliphatic rings. The molecule has 0 bridgehead atoms. The number of aromatic carboxylic acids is 1. The molecule has 10 heteroatoms. The van der Waals surface area contributed by atoms with Gasteiger partial charge < -0.3 is 18.4 Å². The molecule has 0 aliphatic heterocycles. The molecule has 3 aromatic carbocycles. The molecule has 310 valence electrons. The SMILES string of the molecule is N#Cc1ccc2c(C3CCCC3)c(-c3ccccn3)oc2c1.N#Cc1ccc2c(C3CCCC3)c(Br)oc2c1.O=C(O)c1ccc2c(C3CCCC3)c(-c3ccccn3)oc2c1. The summed E-state index contributed by atoms with van der Waals surface area (Å²) < 4.78 is 18.8. The van der Waals surface area contributed by atoms with Crippen molar-refractivity contribution in [1.82, 2.24) is 9.97 Å². The first-order valence-electron chi connectivity index (χ1n) is 21.6.